The molecule has 2 aromatic carbocycles. The van der Waals surface area contributed by atoms with Gasteiger partial charge < -0.3 is 14.6 Å². The van der Waals surface area contributed by atoms with Crippen molar-refractivity contribution in [2.24, 2.45) is 0 Å². The minimum atomic E-state index is -0.799. The van der Waals surface area contributed by atoms with Gasteiger partial charge in [0.2, 0.25) is 0 Å². The first-order valence-electron chi connectivity index (χ1n) is 9.03. The molecule has 0 saturated carbocycles. The number of carbonyl (C=O) groups is 2. The van der Waals surface area contributed by atoms with E-state index in [9.17, 15) is 14.7 Å². The molecule has 0 saturated heterocycles. The molecule has 0 aromatic heterocycles. The van der Waals surface area contributed by atoms with Crippen LogP contribution in [0, 0.1) is 0 Å². The van der Waals surface area contributed by atoms with Crippen molar-refractivity contribution in [3.8, 4) is 11.5 Å². The lowest BCUT2D eigenvalue weighted by Crippen LogP contribution is -2.38. The highest BCUT2D eigenvalue weighted by atomic mass is 16.6. The number of phenols is 1. The topological polar surface area (TPSA) is 84.9 Å². The van der Waals surface area contributed by atoms with E-state index in [1.807, 2.05) is 24.3 Å². The van der Waals surface area contributed by atoms with Crippen molar-refractivity contribution in [1.29, 1.82) is 0 Å². The Morgan fingerprint density at radius 3 is 1.89 bits per heavy atom. The van der Waals surface area contributed by atoms with Crippen LogP contribution in [0.15, 0.2) is 48.5 Å². The van der Waals surface area contributed by atoms with Gasteiger partial charge in [0, 0.05) is 5.41 Å². The van der Waals surface area contributed by atoms with Gasteiger partial charge >= 0.3 is 6.09 Å². The molecule has 0 radical (unpaired) electrons. The maximum atomic E-state index is 11.8. The van der Waals surface area contributed by atoms with Crippen molar-refractivity contribution in [2.45, 2.75) is 45.6 Å². The fraction of sp³-hybridized carbons (Fsp3) is 0.364. The number of hydrogen-bond acceptors (Lipinski definition) is 5. The number of hydrogen-bond donors (Lipinski definition) is 2. The van der Waals surface area contributed by atoms with Crippen molar-refractivity contribution in [3.05, 3.63) is 59.7 Å². The third-order valence-electron chi connectivity index (χ3n) is 4.18. The number of nitrogens with one attached hydrogen (secondary N) is 1. The van der Waals surface area contributed by atoms with Crippen LogP contribution in [-0.2, 0) is 14.9 Å². The van der Waals surface area contributed by atoms with E-state index in [-0.39, 0.29) is 17.8 Å². The summed E-state index contributed by atoms with van der Waals surface area (Å²) in [5.74, 6) is 0.167. The van der Waals surface area contributed by atoms with E-state index in [1.165, 1.54) is 0 Å². The van der Waals surface area contributed by atoms with Crippen LogP contribution in [0.4, 0.5) is 4.79 Å². The van der Waals surface area contributed by atoms with Gasteiger partial charge in [-0.2, -0.15) is 0 Å². The number of carbonyl (C=O) groups excluding carboxylic acids is 2. The van der Waals surface area contributed by atoms with Crippen LogP contribution in [0.3, 0.4) is 0 Å². The number of rotatable bonds is 5. The highest BCUT2D eigenvalue weighted by molar-refractivity contribution is 5.92. The smallest absolute Gasteiger partial charge is 0.414 e. The summed E-state index contributed by atoms with van der Waals surface area (Å²) in [5.41, 5.74) is 1.19. The Balaban J connectivity index is 1.94. The van der Waals surface area contributed by atoms with E-state index in [0.29, 0.717) is 5.75 Å². The monoisotopic (exact) mass is 385 g/mol. The molecule has 0 aliphatic carbocycles. The second-order valence-electron chi connectivity index (χ2n) is 8.03. The molecule has 2 N–H and O–H groups in total. The van der Waals surface area contributed by atoms with Crippen LogP contribution in [0.5, 0.6) is 11.5 Å². The average molecular weight is 385 g/mol. The largest absolute Gasteiger partial charge is 0.508 e. The highest BCUT2D eigenvalue weighted by Crippen LogP contribution is 2.33. The predicted octanol–water partition coefficient (Wildman–Crippen LogP) is 4.15. The minimum Gasteiger partial charge on any atom is -0.508 e. The van der Waals surface area contributed by atoms with Gasteiger partial charge in [0.05, 0.1) is 0 Å². The van der Waals surface area contributed by atoms with Crippen LogP contribution >= 0.6 is 0 Å². The fourth-order valence-corrected chi connectivity index (χ4v) is 2.62. The van der Waals surface area contributed by atoms with Gasteiger partial charge in [-0.25, -0.2) is 4.79 Å². The van der Waals surface area contributed by atoms with Crippen LogP contribution in [0.25, 0.3) is 0 Å². The maximum absolute atomic E-state index is 11.8. The summed E-state index contributed by atoms with van der Waals surface area (Å²) < 4.78 is 10.5. The van der Waals surface area contributed by atoms with E-state index < -0.39 is 17.6 Å². The van der Waals surface area contributed by atoms with Gasteiger partial charge in [-0.3, -0.25) is 10.1 Å². The standard InChI is InChI=1S/C22H27NO5/c1-21(2,3)28-20(26)23-19(25)14-27-18-12-8-16(9-13-18)22(4,5)15-6-10-17(24)11-7-15/h6-13,24H,14H2,1-5H3,(H,23,25,26). The first kappa shape index (κ1) is 21.3. The normalized spacial score (nSPS) is 11.6. The number of amides is 2. The van der Waals surface area contributed by atoms with E-state index in [2.05, 4.69) is 19.2 Å². The number of alkyl carbamates (subject to hydrolysis) is 1. The molecule has 0 aliphatic rings. The van der Waals surface area contributed by atoms with Crippen LogP contribution in [0.2, 0.25) is 0 Å². The van der Waals surface area contributed by atoms with Crippen molar-refractivity contribution in [3.63, 3.8) is 0 Å². The van der Waals surface area contributed by atoms with Gasteiger partial charge in [-0.05, 0) is 56.2 Å². The summed E-state index contributed by atoms with van der Waals surface area (Å²) in [6.07, 6.45) is -0.799. The molecular formula is C22H27NO5. The molecule has 28 heavy (non-hydrogen) atoms. The molecule has 6 nitrogen and oxygen atoms in total. The Kier molecular flexibility index (Phi) is 6.33. The second kappa shape index (κ2) is 8.33. The average Bonchev–Trinajstić information content (AvgIpc) is 2.59. The predicted molar refractivity (Wildman–Crippen MR) is 107 cm³/mol. The Morgan fingerprint density at radius 2 is 1.39 bits per heavy atom. The molecule has 150 valence electrons. The Bertz CT molecular complexity index is 818. The molecule has 6 heteroatoms. The molecule has 2 amide bonds. The molecule has 0 heterocycles. The van der Waals surface area contributed by atoms with Crippen molar-refractivity contribution >= 4 is 12.0 Å². The summed E-state index contributed by atoms with van der Waals surface area (Å²) in [6.45, 7) is 9.03. The summed E-state index contributed by atoms with van der Waals surface area (Å²) >= 11 is 0. The number of aromatic hydroxyl groups is 1. The lowest BCUT2D eigenvalue weighted by Gasteiger charge is -2.26. The fourth-order valence-electron chi connectivity index (χ4n) is 2.62. The maximum Gasteiger partial charge on any atom is 0.414 e. The molecular weight excluding hydrogens is 358 g/mol. The van der Waals surface area contributed by atoms with E-state index in [1.54, 1.807) is 45.0 Å². The Hall–Kier alpha value is -3.02. The van der Waals surface area contributed by atoms with Crippen molar-refractivity contribution in [1.82, 2.24) is 5.32 Å². The molecule has 0 bridgehead atoms. The Labute approximate surface area is 165 Å². The van der Waals surface area contributed by atoms with Gasteiger partial charge in [-0.1, -0.05) is 38.1 Å². The molecule has 0 spiro atoms. The summed E-state index contributed by atoms with van der Waals surface area (Å²) in [5, 5.41) is 11.6. The van der Waals surface area contributed by atoms with E-state index in [4.69, 9.17) is 9.47 Å². The van der Waals surface area contributed by atoms with Gasteiger partial charge in [0.1, 0.15) is 17.1 Å². The van der Waals surface area contributed by atoms with Gasteiger partial charge in [0.25, 0.3) is 5.91 Å². The lowest BCUT2D eigenvalue weighted by atomic mass is 9.78. The number of imide groups is 1. The van der Waals surface area contributed by atoms with E-state index in [0.717, 1.165) is 11.1 Å². The summed E-state index contributed by atoms with van der Waals surface area (Å²) in [6, 6.07) is 14.5. The quantitative estimate of drug-likeness (QED) is 0.808. The first-order chi connectivity index (χ1) is 13.0. The minimum absolute atomic E-state index is 0.230. The first-order valence-corrected chi connectivity index (χ1v) is 9.03. The van der Waals surface area contributed by atoms with Crippen LogP contribution in [0.1, 0.15) is 45.7 Å². The lowest BCUT2D eigenvalue weighted by molar-refractivity contribution is -0.122. The molecule has 0 aliphatic heterocycles. The molecule has 0 unspecified atom stereocenters. The Morgan fingerprint density at radius 1 is 0.893 bits per heavy atom. The van der Waals surface area contributed by atoms with E-state index >= 15 is 0 Å². The molecule has 2 rings (SSSR count). The third kappa shape index (κ3) is 6.01. The number of benzene rings is 2. The highest BCUT2D eigenvalue weighted by Gasteiger charge is 2.23. The second-order valence-corrected chi connectivity index (χ2v) is 8.03. The molecule has 0 fully saturated rings. The van der Waals surface area contributed by atoms with Gasteiger partial charge in [-0.15, -0.1) is 0 Å². The van der Waals surface area contributed by atoms with Crippen LogP contribution < -0.4 is 10.1 Å². The SMILES string of the molecule is CC(C)(C)OC(=O)NC(=O)COc1ccc(C(C)(C)c2ccc(O)cc2)cc1. The number of ether oxygens (including phenoxy) is 2. The molecule has 2 aromatic rings. The summed E-state index contributed by atoms with van der Waals surface area (Å²) in [4.78, 5) is 23.4. The zero-order chi connectivity index (χ0) is 20.9. The third-order valence-corrected chi connectivity index (χ3v) is 4.18. The van der Waals surface area contributed by atoms with Gasteiger partial charge in [0.15, 0.2) is 6.61 Å². The molecule has 0 atom stereocenters. The zero-order valence-corrected chi connectivity index (χ0v) is 16.9. The van der Waals surface area contributed by atoms with Crippen molar-refractivity contribution < 1.29 is 24.2 Å². The summed E-state index contributed by atoms with van der Waals surface area (Å²) in [7, 11) is 0. The number of phenolic OH excluding ortho intramolecular Hbond substituents is 1. The van der Waals surface area contributed by atoms with Crippen molar-refractivity contribution in [2.75, 3.05) is 6.61 Å². The van der Waals surface area contributed by atoms with Crippen LogP contribution in [-0.4, -0.2) is 29.3 Å². The zero-order valence-electron chi connectivity index (χ0n) is 16.9.